The second-order valence-corrected chi connectivity index (χ2v) is 6.49. The molecule has 0 radical (unpaired) electrons. The highest BCUT2D eigenvalue weighted by molar-refractivity contribution is 6.06. The average Bonchev–Trinajstić information content (AvgIpc) is 3.11. The van der Waals surface area contributed by atoms with E-state index in [1.165, 1.54) is 6.33 Å². The summed E-state index contributed by atoms with van der Waals surface area (Å²) >= 11 is 0. The third-order valence-corrected chi connectivity index (χ3v) is 5.08. The molecule has 3 aromatic rings. The smallest absolute Gasteiger partial charge is 0.256 e. The van der Waals surface area contributed by atoms with Crippen LogP contribution < -0.4 is 5.32 Å². The van der Waals surface area contributed by atoms with Crippen LogP contribution in [0.5, 0.6) is 0 Å². The highest BCUT2D eigenvalue weighted by Crippen LogP contribution is 2.49. The Morgan fingerprint density at radius 3 is 2.74 bits per heavy atom. The fourth-order valence-corrected chi connectivity index (χ4v) is 3.62. The number of nitrogens with zero attached hydrogens (tertiary/aromatic N) is 4. The van der Waals surface area contributed by atoms with Crippen LogP contribution in [0, 0.1) is 11.8 Å². The van der Waals surface area contributed by atoms with E-state index in [-0.39, 0.29) is 36.2 Å². The van der Waals surface area contributed by atoms with E-state index in [4.69, 9.17) is 0 Å². The fourth-order valence-electron chi connectivity index (χ4n) is 3.62. The number of amides is 1. The Morgan fingerprint density at radius 1 is 1.26 bits per heavy atom. The molecule has 2 aromatic heterocycles. The van der Waals surface area contributed by atoms with Gasteiger partial charge in [-0.25, -0.2) is 15.0 Å². The lowest BCUT2D eigenvalue weighted by Crippen LogP contribution is -2.43. The number of alkyl halides is 1. The van der Waals surface area contributed by atoms with Crippen molar-refractivity contribution in [2.24, 2.45) is 11.8 Å². The summed E-state index contributed by atoms with van der Waals surface area (Å²) in [7, 11) is 0. The Bertz CT molecular complexity index is 1000. The number of benzene rings is 1. The van der Waals surface area contributed by atoms with Crippen LogP contribution in [0.25, 0.3) is 11.2 Å². The number of aliphatic hydroxyl groups is 1. The Kier molecular flexibility index (Phi) is 4.41. The molecule has 1 aliphatic rings. The van der Waals surface area contributed by atoms with Crippen molar-refractivity contribution in [3.8, 4) is 0 Å². The lowest BCUT2D eigenvalue weighted by molar-refractivity contribution is 0.0826. The predicted octanol–water partition coefficient (Wildman–Crippen LogP) is 2.38. The summed E-state index contributed by atoms with van der Waals surface area (Å²) in [6.07, 6.45) is 2.88. The summed E-state index contributed by atoms with van der Waals surface area (Å²) in [4.78, 5) is 25.1. The van der Waals surface area contributed by atoms with E-state index in [0.717, 1.165) is 5.57 Å². The van der Waals surface area contributed by atoms with Crippen LogP contribution in [0.3, 0.4) is 0 Å². The monoisotopic (exact) mass is 367 g/mol. The molecular weight excluding hydrogens is 349 g/mol. The number of nitrogens with one attached hydrogen (secondary N) is 1. The first-order valence-electron chi connectivity index (χ1n) is 8.55. The van der Waals surface area contributed by atoms with E-state index in [1.807, 2.05) is 6.07 Å². The van der Waals surface area contributed by atoms with Gasteiger partial charge < -0.3 is 15.0 Å². The first-order chi connectivity index (χ1) is 13.2. The average molecular weight is 367 g/mol. The standard InChI is InChI=1S/C19H18FN5O2/c1-11-14(8-26)13(7-20)16(11)25-10-23-15-17(21-9-22-18(15)25)24-19(27)12-5-3-2-4-6-12/h2-6,9-10,13-14,16,26H,1,7-8H2,(H,21,22,24,27)/t13-,14+,16-/m1/s1. The predicted molar refractivity (Wildman–Crippen MR) is 97.9 cm³/mol. The Hall–Kier alpha value is -3.13. The van der Waals surface area contributed by atoms with Crippen LogP contribution in [-0.4, -0.2) is 43.8 Å². The molecule has 0 unspecified atom stereocenters. The van der Waals surface area contributed by atoms with E-state index in [0.29, 0.717) is 16.7 Å². The van der Waals surface area contributed by atoms with Crippen LogP contribution >= 0.6 is 0 Å². The maximum atomic E-state index is 13.5. The molecule has 2 heterocycles. The fraction of sp³-hybridized carbons (Fsp3) is 0.263. The first-order valence-corrected chi connectivity index (χ1v) is 8.55. The van der Waals surface area contributed by atoms with Gasteiger partial charge in [-0.15, -0.1) is 0 Å². The van der Waals surface area contributed by atoms with Crippen molar-refractivity contribution in [3.05, 3.63) is 60.7 Å². The number of fused-ring (bicyclic) bond motifs is 1. The normalized spacial score (nSPS) is 21.9. The zero-order valence-corrected chi connectivity index (χ0v) is 14.4. The van der Waals surface area contributed by atoms with Gasteiger partial charge in [-0.3, -0.25) is 9.18 Å². The summed E-state index contributed by atoms with van der Waals surface area (Å²) in [6.45, 7) is 3.27. The molecule has 1 amide bonds. The quantitative estimate of drug-likeness (QED) is 0.676. The van der Waals surface area contributed by atoms with Gasteiger partial charge in [0.25, 0.3) is 5.91 Å². The second kappa shape index (κ2) is 6.88. The number of hydrogen-bond donors (Lipinski definition) is 2. The van der Waals surface area contributed by atoms with Gasteiger partial charge in [0.2, 0.25) is 0 Å². The molecule has 1 fully saturated rings. The van der Waals surface area contributed by atoms with Crippen LogP contribution in [-0.2, 0) is 0 Å². The van der Waals surface area contributed by atoms with Gasteiger partial charge in [-0.2, -0.15) is 0 Å². The number of carbonyl (C=O) groups excluding carboxylic acids is 1. The first kappa shape index (κ1) is 17.3. The van der Waals surface area contributed by atoms with Gasteiger partial charge in [0.05, 0.1) is 25.7 Å². The number of carbonyl (C=O) groups is 1. The van der Waals surface area contributed by atoms with Crippen molar-refractivity contribution in [2.75, 3.05) is 18.6 Å². The van der Waals surface area contributed by atoms with Crippen molar-refractivity contribution in [1.29, 1.82) is 0 Å². The number of aliphatic hydroxyl groups excluding tert-OH is 1. The van der Waals surface area contributed by atoms with Gasteiger partial charge in [0, 0.05) is 17.4 Å². The summed E-state index contributed by atoms with van der Waals surface area (Å²) in [6, 6.07) is 8.45. The Balaban J connectivity index is 1.67. The topological polar surface area (TPSA) is 92.9 Å². The highest BCUT2D eigenvalue weighted by Gasteiger charge is 2.46. The lowest BCUT2D eigenvalue weighted by Gasteiger charge is -2.45. The molecule has 0 spiro atoms. The molecule has 8 heteroatoms. The molecule has 138 valence electrons. The molecule has 4 rings (SSSR count). The number of halogens is 1. The summed E-state index contributed by atoms with van der Waals surface area (Å²) in [5, 5.41) is 12.2. The van der Waals surface area contributed by atoms with E-state index >= 15 is 0 Å². The summed E-state index contributed by atoms with van der Waals surface area (Å²) in [5.41, 5.74) is 2.14. The zero-order chi connectivity index (χ0) is 19.0. The van der Waals surface area contributed by atoms with Gasteiger partial charge in [0.15, 0.2) is 17.0 Å². The van der Waals surface area contributed by atoms with Crippen molar-refractivity contribution >= 4 is 22.9 Å². The minimum Gasteiger partial charge on any atom is -0.396 e. The lowest BCUT2D eigenvalue weighted by atomic mass is 9.66. The number of anilines is 1. The number of aromatic nitrogens is 4. The largest absolute Gasteiger partial charge is 0.396 e. The van der Waals surface area contributed by atoms with Crippen molar-refractivity contribution in [3.63, 3.8) is 0 Å². The second-order valence-electron chi connectivity index (χ2n) is 6.49. The van der Waals surface area contributed by atoms with Gasteiger partial charge in [-0.05, 0) is 17.7 Å². The Labute approximate surface area is 154 Å². The maximum absolute atomic E-state index is 13.5. The van der Waals surface area contributed by atoms with E-state index < -0.39 is 6.67 Å². The summed E-state index contributed by atoms with van der Waals surface area (Å²) in [5.74, 6) is -0.665. The molecule has 7 nitrogen and oxygen atoms in total. The van der Waals surface area contributed by atoms with Crippen LogP contribution in [0.2, 0.25) is 0 Å². The third-order valence-electron chi connectivity index (χ3n) is 5.08. The van der Waals surface area contributed by atoms with Gasteiger partial charge in [0.1, 0.15) is 6.33 Å². The molecule has 1 saturated carbocycles. The Morgan fingerprint density at radius 2 is 2.04 bits per heavy atom. The number of imidazole rings is 1. The molecule has 0 bridgehead atoms. The summed E-state index contributed by atoms with van der Waals surface area (Å²) < 4.78 is 15.2. The van der Waals surface area contributed by atoms with Crippen molar-refractivity contribution < 1.29 is 14.3 Å². The molecular formula is C19H18FN5O2. The molecule has 2 N–H and O–H groups in total. The van der Waals surface area contributed by atoms with Crippen molar-refractivity contribution in [1.82, 2.24) is 19.5 Å². The van der Waals surface area contributed by atoms with E-state index in [2.05, 4.69) is 26.8 Å². The minimum absolute atomic E-state index is 0.135. The number of rotatable bonds is 5. The van der Waals surface area contributed by atoms with Crippen molar-refractivity contribution in [2.45, 2.75) is 6.04 Å². The molecule has 1 aliphatic carbocycles. The maximum Gasteiger partial charge on any atom is 0.256 e. The van der Waals surface area contributed by atoms with Crippen LogP contribution in [0.15, 0.2) is 55.1 Å². The highest BCUT2D eigenvalue weighted by atomic mass is 19.1. The SMILES string of the molecule is C=C1[C@@H](n2cnc3c(NC(=O)c4ccccc4)ncnc32)[C@H](CF)[C@H]1CO. The van der Waals surface area contributed by atoms with Crippen LogP contribution in [0.1, 0.15) is 16.4 Å². The molecule has 27 heavy (non-hydrogen) atoms. The van der Waals surface area contributed by atoms with Gasteiger partial charge >= 0.3 is 0 Å². The molecule has 0 aliphatic heterocycles. The minimum atomic E-state index is -0.572. The molecule has 1 aromatic carbocycles. The molecule has 0 saturated heterocycles. The van der Waals surface area contributed by atoms with Gasteiger partial charge in [-0.1, -0.05) is 24.8 Å². The van der Waals surface area contributed by atoms with E-state index in [9.17, 15) is 14.3 Å². The van der Waals surface area contributed by atoms with E-state index in [1.54, 1.807) is 35.2 Å². The third kappa shape index (κ3) is 2.78. The zero-order valence-electron chi connectivity index (χ0n) is 14.4. The number of hydrogen-bond acceptors (Lipinski definition) is 5. The van der Waals surface area contributed by atoms with Crippen LogP contribution in [0.4, 0.5) is 10.2 Å². The molecule has 3 atom stereocenters.